The Morgan fingerprint density at radius 2 is 1.69 bits per heavy atom. The number of halogens is 4. The van der Waals surface area contributed by atoms with E-state index < -0.39 is 18.0 Å². The summed E-state index contributed by atoms with van der Waals surface area (Å²) in [6.07, 6.45) is -4.26. The Morgan fingerprint density at radius 3 is 2.08 bits per heavy atom. The van der Waals surface area contributed by atoms with E-state index in [1.54, 1.807) is 18.2 Å². The lowest BCUT2D eigenvalue weighted by molar-refractivity contribution is -0.145. The van der Waals surface area contributed by atoms with Gasteiger partial charge >= 0.3 is 6.18 Å². The molecule has 1 unspecified atom stereocenters. The fraction of sp³-hybridized carbons (Fsp3) is 0.333. The molecule has 13 heavy (non-hydrogen) atoms. The van der Waals surface area contributed by atoms with Crippen LogP contribution in [0.5, 0.6) is 0 Å². The minimum atomic E-state index is -4.26. The van der Waals surface area contributed by atoms with Gasteiger partial charge in [-0.1, -0.05) is 30.3 Å². The molecule has 0 fully saturated rings. The van der Waals surface area contributed by atoms with Crippen LogP contribution in [0.3, 0.4) is 0 Å². The summed E-state index contributed by atoms with van der Waals surface area (Å²) in [5.74, 6) is -2.00. The van der Waals surface area contributed by atoms with E-state index in [2.05, 4.69) is 0 Å². The molecule has 1 rings (SSSR count). The van der Waals surface area contributed by atoms with E-state index in [4.69, 9.17) is 11.6 Å². The summed E-state index contributed by atoms with van der Waals surface area (Å²) < 4.78 is 37.0. The first kappa shape index (κ1) is 10.4. The van der Waals surface area contributed by atoms with E-state index >= 15 is 0 Å². The molecule has 0 bridgehead atoms. The second-order valence-corrected chi connectivity index (χ2v) is 2.97. The standard InChI is InChI=1S/C9H8ClF3/c10-6-8(9(11,12)13)7-4-2-1-3-5-7/h1-5,8H,6H2. The summed E-state index contributed by atoms with van der Waals surface area (Å²) >= 11 is 5.27. The molecule has 4 heteroatoms. The van der Waals surface area contributed by atoms with Crippen LogP contribution >= 0.6 is 11.6 Å². The topological polar surface area (TPSA) is 0 Å². The number of rotatable bonds is 2. The predicted octanol–water partition coefficient (Wildman–Crippen LogP) is 3.57. The maximum Gasteiger partial charge on any atom is 0.396 e. The van der Waals surface area contributed by atoms with Gasteiger partial charge in [-0.05, 0) is 5.56 Å². The summed E-state index contributed by atoms with van der Waals surface area (Å²) in [5.41, 5.74) is 0.213. The van der Waals surface area contributed by atoms with Crippen molar-refractivity contribution in [1.29, 1.82) is 0 Å². The highest BCUT2D eigenvalue weighted by Crippen LogP contribution is 2.35. The van der Waals surface area contributed by atoms with E-state index in [0.29, 0.717) is 0 Å². The predicted molar refractivity (Wildman–Crippen MR) is 46.0 cm³/mol. The zero-order valence-electron chi connectivity index (χ0n) is 6.68. The molecule has 0 saturated carbocycles. The highest BCUT2D eigenvalue weighted by atomic mass is 35.5. The van der Waals surface area contributed by atoms with Crippen molar-refractivity contribution >= 4 is 11.6 Å². The largest absolute Gasteiger partial charge is 0.396 e. The van der Waals surface area contributed by atoms with Crippen molar-refractivity contribution in [2.45, 2.75) is 12.1 Å². The van der Waals surface area contributed by atoms with Crippen molar-refractivity contribution in [2.24, 2.45) is 0 Å². The molecule has 0 aliphatic heterocycles. The van der Waals surface area contributed by atoms with Gasteiger partial charge in [0.2, 0.25) is 0 Å². The van der Waals surface area contributed by atoms with E-state index in [-0.39, 0.29) is 5.56 Å². The summed E-state index contributed by atoms with van der Waals surface area (Å²) in [4.78, 5) is 0. The van der Waals surface area contributed by atoms with Crippen molar-refractivity contribution in [3.8, 4) is 0 Å². The van der Waals surface area contributed by atoms with Gasteiger partial charge in [0.1, 0.15) is 0 Å². The fourth-order valence-electron chi connectivity index (χ4n) is 1.05. The Kier molecular flexibility index (Phi) is 3.20. The van der Waals surface area contributed by atoms with Crippen molar-refractivity contribution in [3.05, 3.63) is 35.9 Å². The first-order valence-electron chi connectivity index (χ1n) is 3.73. The van der Waals surface area contributed by atoms with E-state index in [1.807, 2.05) is 0 Å². The molecule has 0 spiro atoms. The van der Waals surface area contributed by atoms with E-state index in [0.717, 1.165) is 0 Å². The lowest BCUT2D eigenvalue weighted by atomic mass is 10.0. The van der Waals surface area contributed by atoms with Gasteiger partial charge in [0.15, 0.2) is 0 Å². The lowest BCUT2D eigenvalue weighted by Crippen LogP contribution is -2.22. The quantitative estimate of drug-likeness (QED) is 0.652. The van der Waals surface area contributed by atoms with Gasteiger partial charge in [-0.25, -0.2) is 0 Å². The van der Waals surface area contributed by atoms with Gasteiger partial charge in [-0.2, -0.15) is 13.2 Å². The Balaban J connectivity index is 2.92. The Labute approximate surface area is 79.3 Å². The zero-order valence-corrected chi connectivity index (χ0v) is 7.44. The van der Waals surface area contributed by atoms with Gasteiger partial charge in [0.25, 0.3) is 0 Å². The molecule has 0 amide bonds. The Bertz CT molecular complexity index is 255. The van der Waals surface area contributed by atoms with Crippen LogP contribution in [0.2, 0.25) is 0 Å². The van der Waals surface area contributed by atoms with Crippen molar-refractivity contribution in [2.75, 3.05) is 5.88 Å². The van der Waals surface area contributed by atoms with Crippen LogP contribution in [-0.2, 0) is 0 Å². The van der Waals surface area contributed by atoms with E-state index in [1.165, 1.54) is 12.1 Å². The third kappa shape index (κ3) is 2.62. The third-order valence-electron chi connectivity index (χ3n) is 1.75. The molecule has 1 aromatic carbocycles. The monoisotopic (exact) mass is 208 g/mol. The molecule has 0 heterocycles. The highest BCUT2D eigenvalue weighted by Gasteiger charge is 2.39. The van der Waals surface area contributed by atoms with Gasteiger partial charge in [0.05, 0.1) is 5.92 Å². The van der Waals surface area contributed by atoms with Gasteiger partial charge < -0.3 is 0 Å². The number of hydrogen-bond acceptors (Lipinski definition) is 0. The van der Waals surface area contributed by atoms with Crippen molar-refractivity contribution in [1.82, 2.24) is 0 Å². The normalized spacial score (nSPS) is 14.2. The Morgan fingerprint density at radius 1 is 1.15 bits per heavy atom. The number of hydrogen-bond donors (Lipinski definition) is 0. The summed E-state index contributed by atoms with van der Waals surface area (Å²) in [6.45, 7) is 0. The molecule has 0 saturated heterocycles. The first-order valence-corrected chi connectivity index (χ1v) is 4.27. The Hall–Kier alpha value is -0.700. The minimum absolute atomic E-state index is 0.213. The lowest BCUT2D eigenvalue weighted by Gasteiger charge is -2.17. The van der Waals surface area contributed by atoms with Gasteiger partial charge in [0, 0.05) is 5.88 Å². The van der Waals surface area contributed by atoms with Crippen LogP contribution in [0.4, 0.5) is 13.2 Å². The number of benzene rings is 1. The summed E-state index contributed by atoms with van der Waals surface area (Å²) in [7, 11) is 0. The average molecular weight is 209 g/mol. The molecule has 1 atom stereocenters. The molecular weight excluding hydrogens is 201 g/mol. The van der Waals surface area contributed by atoms with Crippen LogP contribution < -0.4 is 0 Å². The average Bonchev–Trinajstić information content (AvgIpc) is 2.05. The van der Waals surface area contributed by atoms with E-state index in [9.17, 15) is 13.2 Å². The minimum Gasteiger partial charge on any atom is -0.170 e. The van der Waals surface area contributed by atoms with Crippen LogP contribution in [0.15, 0.2) is 30.3 Å². The first-order chi connectivity index (χ1) is 6.05. The highest BCUT2D eigenvalue weighted by molar-refractivity contribution is 6.18. The van der Waals surface area contributed by atoms with Crippen LogP contribution in [-0.4, -0.2) is 12.1 Å². The SMILES string of the molecule is FC(F)(F)C(CCl)c1ccccc1. The smallest absolute Gasteiger partial charge is 0.170 e. The summed E-state index contributed by atoms with van der Waals surface area (Å²) in [5, 5.41) is 0. The molecule has 0 aromatic heterocycles. The van der Waals surface area contributed by atoms with Gasteiger partial charge in [-0.3, -0.25) is 0 Å². The molecule has 0 aliphatic carbocycles. The molecule has 0 aliphatic rings. The molecule has 0 nitrogen and oxygen atoms in total. The van der Waals surface area contributed by atoms with Crippen LogP contribution in [0.25, 0.3) is 0 Å². The third-order valence-corrected chi connectivity index (χ3v) is 2.06. The zero-order chi connectivity index (χ0) is 9.90. The molecule has 72 valence electrons. The van der Waals surface area contributed by atoms with Crippen molar-refractivity contribution in [3.63, 3.8) is 0 Å². The fourth-order valence-corrected chi connectivity index (χ4v) is 1.40. The molecule has 1 aromatic rings. The maximum atomic E-state index is 12.3. The maximum absolute atomic E-state index is 12.3. The number of alkyl halides is 4. The second-order valence-electron chi connectivity index (χ2n) is 2.66. The molecular formula is C9H8ClF3. The van der Waals surface area contributed by atoms with Crippen molar-refractivity contribution < 1.29 is 13.2 Å². The molecule has 0 radical (unpaired) electrons. The van der Waals surface area contributed by atoms with Crippen LogP contribution in [0, 0.1) is 0 Å². The summed E-state index contributed by atoms with van der Waals surface area (Å²) in [6, 6.07) is 7.67. The van der Waals surface area contributed by atoms with Crippen LogP contribution in [0.1, 0.15) is 11.5 Å². The second kappa shape index (κ2) is 4.01. The molecule has 0 N–H and O–H groups in total. The van der Waals surface area contributed by atoms with Gasteiger partial charge in [-0.15, -0.1) is 11.6 Å².